The Morgan fingerprint density at radius 2 is 1.87 bits per heavy atom. The zero-order valence-electron chi connectivity index (χ0n) is 21.5. The summed E-state index contributed by atoms with van der Waals surface area (Å²) in [7, 11) is 1.58. The van der Waals surface area contributed by atoms with Crippen molar-refractivity contribution in [3.63, 3.8) is 0 Å². The molecule has 0 saturated carbocycles. The number of carbonyl (C=O) groups is 3. The second-order valence-electron chi connectivity index (χ2n) is 9.11. The van der Waals surface area contributed by atoms with Gasteiger partial charge in [-0.1, -0.05) is 49.0 Å². The predicted octanol–water partition coefficient (Wildman–Crippen LogP) is 4.11. The zero-order chi connectivity index (χ0) is 27.5. The first-order valence-electron chi connectivity index (χ1n) is 12.3. The van der Waals surface area contributed by atoms with Gasteiger partial charge in [-0.05, 0) is 35.8 Å². The van der Waals surface area contributed by atoms with Crippen molar-refractivity contribution in [1.29, 1.82) is 0 Å². The van der Waals surface area contributed by atoms with Crippen LogP contribution in [0, 0.1) is 6.92 Å². The minimum Gasteiger partial charge on any atom is -0.497 e. The molecule has 0 bridgehead atoms. The van der Waals surface area contributed by atoms with Crippen molar-refractivity contribution in [3.8, 4) is 5.75 Å². The fourth-order valence-corrected chi connectivity index (χ4v) is 6.70. The summed E-state index contributed by atoms with van der Waals surface area (Å²) in [5.41, 5.74) is 5.61. The van der Waals surface area contributed by atoms with E-state index in [1.807, 2.05) is 49.4 Å². The van der Waals surface area contributed by atoms with Crippen LogP contribution in [0.3, 0.4) is 0 Å². The predicted molar refractivity (Wildman–Crippen MR) is 151 cm³/mol. The summed E-state index contributed by atoms with van der Waals surface area (Å²) in [5, 5.41) is 2.44. The minimum atomic E-state index is -0.726. The average molecular weight is 562 g/mol. The van der Waals surface area contributed by atoms with E-state index in [1.165, 1.54) is 28.0 Å². The number of carbonyl (C=O) groups excluding carboxylic acids is 3. The summed E-state index contributed by atoms with van der Waals surface area (Å²) < 4.78 is 10.9. The van der Waals surface area contributed by atoms with E-state index in [2.05, 4.69) is 16.9 Å². The normalized spacial score (nSPS) is 18.2. The molecule has 0 radical (unpaired) electrons. The Bertz CT molecular complexity index is 1450. The Morgan fingerprint density at radius 1 is 1.13 bits per heavy atom. The third-order valence-corrected chi connectivity index (χ3v) is 8.87. The van der Waals surface area contributed by atoms with Gasteiger partial charge in [0.15, 0.2) is 0 Å². The molecule has 1 aromatic heterocycles. The fourth-order valence-electron chi connectivity index (χ4n) is 4.51. The molecule has 10 heteroatoms. The lowest BCUT2D eigenvalue weighted by atomic mass is 9.98. The molecule has 2 aliphatic rings. The number of rotatable bonds is 9. The van der Waals surface area contributed by atoms with E-state index >= 15 is 0 Å². The summed E-state index contributed by atoms with van der Waals surface area (Å²) in [6, 6.07) is 15.8. The van der Waals surface area contributed by atoms with E-state index in [4.69, 9.17) is 9.47 Å². The highest BCUT2D eigenvalue weighted by Gasteiger charge is 2.54. The largest absolute Gasteiger partial charge is 0.497 e. The Hall–Kier alpha value is -3.89. The number of fused-ring (bicyclic) bond motifs is 1. The van der Waals surface area contributed by atoms with E-state index in [1.54, 1.807) is 24.8 Å². The number of esters is 1. The van der Waals surface area contributed by atoms with Crippen LogP contribution in [0.2, 0.25) is 0 Å². The molecule has 2 amide bonds. The summed E-state index contributed by atoms with van der Waals surface area (Å²) >= 11 is 2.92. The number of benzene rings is 2. The third kappa shape index (κ3) is 5.48. The molecule has 3 aromatic rings. The van der Waals surface area contributed by atoms with Gasteiger partial charge in [-0.2, -0.15) is 0 Å². The van der Waals surface area contributed by atoms with Crippen LogP contribution in [0.5, 0.6) is 5.75 Å². The van der Waals surface area contributed by atoms with Crippen molar-refractivity contribution in [2.24, 2.45) is 0 Å². The maximum Gasteiger partial charge on any atom is 0.355 e. The molecular formula is C29H27N3O5S2. The van der Waals surface area contributed by atoms with Gasteiger partial charge in [0.2, 0.25) is 5.91 Å². The van der Waals surface area contributed by atoms with Crippen molar-refractivity contribution in [2.75, 3.05) is 12.9 Å². The van der Waals surface area contributed by atoms with Gasteiger partial charge >= 0.3 is 5.97 Å². The maximum absolute atomic E-state index is 13.5. The Labute approximate surface area is 234 Å². The highest BCUT2D eigenvalue weighted by Crippen LogP contribution is 2.44. The summed E-state index contributed by atoms with van der Waals surface area (Å²) in [6.07, 6.45) is 0.168. The number of amides is 2. The van der Waals surface area contributed by atoms with Crippen LogP contribution >= 0.6 is 23.1 Å². The lowest BCUT2D eigenvalue weighted by Gasteiger charge is -2.49. The summed E-state index contributed by atoms with van der Waals surface area (Å²) in [6.45, 7) is 6.15. The van der Waals surface area contributed by atoms with Crippen LogP contribution in [-0.4, -0.2) is 51.9 Å². The van der Waals surface area contributed by atoms with Crippen LogP contribution in [-0.2, 0) is 32.1 Å². The van der Waals surface area contributed by atoms with Gasteiger partial charge in [-0.25, -0.2) is 9.78 Å². The average Bonchev–Trinajstić information content (AvgIpc) is 3.39. The maximum atomic E-state index is 13.5. The lowest BCUT2D eigenvalue weighted by Crippen LogP contribution is -2.70. The molecule has 1 N–H and O–H groups in total. The van der Waals surface area contributed by atoms with Crippen molar-refractivity contribution < 1.29 is 23.9 Å². The summed E-state index contributed by atoms with van der Waals surface area (Å²) in [5.74, 6) is -0.0797. The van der Waals surface area contributed by atoms with E-state index in [0.717, 1.165) is 21.7 Å². The highest BCUT2D eigenvalue weighted by atomic mass is 32.2. The van der Waals surface area contributed by atoms with Gasteiger partial charge in [0.05, 0.1) is 29.6 Å². The zero-order valence-corrected chi connectivity index (χ0v) is 23.1. The van der Waals surface area contributed by atoms with E-state index in [0.29, 0.717) is 22.6 Å². The molecule has 1 fully saturated rings. The number of allylic oxidation sites excluding steroid dienone is 1. The molecule has 39 heavy (non-hydrogen) atoms. The molecule has 3 heterocycles. The topological polar surface area (TPSA) is 97.8 Å². The smallest absolute Gasteiger partial charge is 0.355 e. The molecule has 2 aromatic carbocycles. The number of thioether (sulfide) groups is 1. The molecule has 2 aliphatic heterocycles. The van der Waals surface area contributed by atoms with Gasteiger partial charge in [0.25, 0.3) is 5.91 Å². The van der Waals surface area contributed by atoms with Crippen molar-refractivity contribution >= 4 is 46.5 Å². The number of nitrogens with zero attached hydrogens (tertiary/aromatic N) is 2. The Balaban J connectivity index is 1.37. The highest BCUT2D eigenvalue weighted by molar-refractivity contribution is 8.00. The van der Waals surface area contributed by atoms with Crippen molar-refractivity contribution in [3.05, 3.63) is 99.7 Å². The van der Waals surface area contributed by atoms with Gasteiger partial charge < -0.3 is 14.8 Å². The van der Waals surface area contributed by atoms with E-state index < -0.39 is 17.4 Å². The number of thiazole rings is 1. The molecule has 0 aliphatic carbocycles. The number of nitrogens with one attached hydrogen (secondary N) is 1. The molecule has 200 valence electrons. The number of β-lactam (4-membered cyclic amide) rings is 1. The molecule has 8 nitrogen and oxygen atoms in total. The number of aryl methyl sites for hydroxylation is 1. The van der Waals surface area contributed by atoms with Crippen LogP contribution < -0.4 is 10.1 Å². The quantitative estimate of drug-likeness (QED) is 0.310. The molecule has 0 spiro atoms. The second kappa shape index (κ2) is 11.5. The monoisotopic (exact) mass is 561 g/mol. The number of methoxy groups -OCH3 is 1. The molecule has 2 atom stereocenters. The second-order valence-corrected chi connectivity index (χ2v) is 11.1. The van der Waals surface area contributed by atoms with E-state index in [-0.39, 0.29) is 30.5 Å². The summed E-state index contributed by atoms with van der Waals surface area (Å²) in [4.78, 5) is 46.2. The molecule has 5 rings (SSSR count). The standard InChI is InChI=1S/C29H27N3O5S2/c1-17(26-18(2)30-16-39-26)22-15-38-28-24(31-23(33)13-19-7-5-4-6-8-19)27(34)32(28)25(22)29(35)37-14-20-9-11-21(36-3)12-10-20/h4-12,16,24,28H,1,13-15H2,2-3H3,(H,31,33)/t24?,28-/m1/s1. The first-order valence-corrected chi connectivity index (χ1v) is 14.2. The number of aromatic nitrogens is 1. The molecular weight excluding hydrogens is 534 g/mol. The SMILES string of the molecule is C=C(C1=C(C(=O)OCc2ccc(OC)cc2)N2C(=O)C(NC(=O)Cc3ccccc3)[C@H]2SC1)c1scnc1C. The lowest BCUT2D eigenvalue weighted by molar-refractivity contribution is -0.153. The Morgan fingerprint density at radius 3 is 2.54 bits per heavy atom. The van der Waals surface area contributed by atoms with Crippen LogP contribution in [0.25, 0.3) is 5.57 Å². The third-order valence-electron chi connectivity index (χ3n) is 6.60. The first-order chi connectivity index (χ1) is 18.9. The first kappa shape index (κ1) is 26.7. The van der Waals surface area contributed by atoms with Gasteiger partial charge in [-0.3, -0.25) is 14.5 Å². The van der Waals surface area contributed by atoms with Crippen LogP contribution in [0.4, 0.5) is 0 Å². The number of ether oxygens (including phenoxy) is 2. The fraction of sp³-hybridized carbons (Fsp3) is 0.241. The van der Waals surface area contributed by atoms with Gasteiger partial charge in [0, 0.05) is 11.3 Å². The van der Waals surface area contributed by atoms with Crippen molar-refractivity contribution in [2.45, 2.75) is 31.4 Å². The molecule has 1 saturated heterocycles. The number of hydrogen-bond donors (Lipinski definition) is 1. The van der Waals surface area contributed by atoms with Crippen molar-refractivity contribution in [1.82, 2.24) is 15.2 Å². The Kier molecular flexibility index (Phi) is 7.85. The van der Waals surface area contributed by atoms with E-state index in [9.17, 15) is 14.4 Å². The van der Waals surface area contributed by atoms with Crippen LogP contribution in [0.1, 0.15) is 21.7 Å². The number of hydrogen-bond acceptors (Lipinski definition) is 8. The molecule has 1 unspecified atom stereocenters. The van der Waals surface area contributed by atoms with Gasteiger partial charge in [0.1, 0.15) is 29.5 Å². The minimum absolute atomic E-state index is 0.0305. The van der Waals surface area contributed by atoms with Gasteiger partial charge in [-0.15, -0.1) is 23.1 Å². The van der Waals surface area contributed by atoms with Crippen LogP contribution in [0.15, 0.2) is 78.0 Å².